The summed E-state index contributed by atoms with van der Waals surface area (Å²) in [7, 11) is 0. The second kappa shape index (κ2) is 8.25. The zero-order valence-corrected chi connectivity index (χ0v) is 22.0. The van der Waals surface area contributed by atoms with E-state index < -0.39 is 0 Å². The molecule has 0 bridgehead atoms. The molecule has 3 heteroatoms. The minimum atomic E-state index is -0.138. The number of carbonyl (C=O) groups excluding carboxylic acids is 1. The Morgan fingerprint density at radius 1 is 1.00 bits per heavy atom. The number of esters is 1. The number of ether oxygens (including phenoxy) is 2. The Kier molecular flexibility index (Phi) is 5.91. The predicted molar refractivity (Wildman–Crippen MR) is 133 cm³/mol. The van der Waals surface area contributed by atoms with Crippen LogP contribution in [0.15, 0.2) is 23.3 Å². The van der Waals surface area contributed by atoms with E-state index >= 15 is 0 Å². The highest BCUT2D eigenvalue weighted by atomic mass is 16.6. The van der Waals surface area contributed by atoms with Crippen LogP contribution in [-0.2, 0) is 14.3 Å². The third-order valence-electron chi connectivity index (χ3n) is 11.2. The predicted octanol–water partition coefficient (Wildman–Crippen LogP) is 7.11. The van der Waals surface area contributed by atoms with E-state index in [1.165, 1.54) is 31.3 Å². The van der Waals surface area contributed by atoms with E-state index in [0.717, 1.165) is 31.1 Å². The molecule has 0 spiro atoms. The van der Waals surface area contributed by atoms with Gasteiger partial charge in [-0.25, -0.2) is 0 Å². The Morgan fingerprint density at radius 3 is 2.45 bits per heavy atom. The van der Waals surface area contributed by atoms with Crippen LogP contribution in [0.5, 0.6) is 0 Å². The maximum absolute atomic E-state index is 11.5. The fraction of sp³-hybridized carbons (Fsp3) is 0.833. The maximum atomic E-state index is 11.5. The van der Waals surface area contributed by atoms with Gasteiger partial charge in [0.05, 0.1) is 12.2 Å². The summed E-state index contributed by atoms with van der Waals surface area (Å²) in [5.74, 6) is 4.05. The van der Waals surface area contributed by atoms with Gasteiger partial charge in [0.25, 0.3) is 0 Å². The third-order valence-corrected chi connectivity index (χ3v) is 11.2. The fourth-order valence-electron chi connectivity index (χ4n) is 8.80. The molecule has 2 unspecified atom stereocenters. The van der Waals surface area contributed by atoms with E-state index in [1.54, 1.807) is 12.5 Å². The van der Waals surface area contributed by atoms with Gasteiger partial charge in [-0.05, 0) is 84.9 Å². The Balaban J connectivity index is 1.34. The topological polar surface area (TPSA) is 38.8 Å². The van der Waals surface area contributed by atoms with Crippen molar-refractivity contribution in [1.29, 1.82) is 0 Å². The van der Waals surface area contributed by atoms with Crippen LogP contribution in [0.4, 0.5) is 0 Å². The summed E-state index contributed by atoms with van der Waals surface area (Å²) in [6.07, 6.45) is 14.4. The minimum absolute atomic E-state index is 0.0714. The Labute approximate surface area is 201 Å². The van der Waals surface area contributed by atoms with E-state index in [4.69, 9.17) is 9.47 Å². The van der Waals surface area contributed by atoms with Crippen LogP contribution in [0, 0.1) is 46.3 Å². The van der Waals surface area contributed by atoms with Gasteiger partial charge in [-0.2, -0.15) is 0 Å². The summed E-state index contributed by atoms with van der Waals surface area (Å²) in [5.41, 5.74) is 3.94. The first-order valence-corrected chi connectivity index (χ1v) is 13.8. The van der Waals surface area contributed by atoms with Gasteiger partial charge in [-0.15, -0.1) is 0 Å². The number of hydrogen-bond acceptors (Lipinski definition) is 3. The molecule has 184 valence electrons. The van der Waals surface area contributed by atoms with Gasteiger partial charge in [0.2, 0.25) is 0 Å². The summed E-state index contributed by atoms with van der Waals surface area (Å²) >= 11 is 0. The SMILES string of the molecule is CC(=O)O[C@H]1CC[C@@]2(C)C(=CC=C3[C@@H]4CC[C@H](C(C)[C@@H]5O[C@H]5C(C)C(C)C)[C@@]4(C)CC[C@@H]32)C1. The number of allylic oxidation sites excluding steroid dienone is 3. The molecular formula is C30H46O3. The van der Waals surface area contributed by atoms with Crippen LogP contribution < -0.4 is 0 Å². The number of carbonyl (C=O) groups is 1. The maximum Gasteiger partial charge on any atom is 0.302 e. The number of fused-ring (bicyclic) bond motifs is 5. The van der Waals surface area contributed by atoms with Crippen molar-refractivity contribution in [2.75, 3.05) is 0 Å². The lowest BCUT2D eigenvalue weighted by Gasteiger charge is -2.55. The summed E-state index contributed by atoms with van der Waals surface area (Å²) < 4.78 is 11.9. The molecule has 0 N–H and O–H groups in total. The fourth-order valence-corrected chi connectivity index (χ4v) is 8.80. The smallest absolute Gasteiger partial charge is 0.302 e. The molecule has 3 saturated carbocycles. The first-order valence-electron chi connectivity index (χ1n) is 13.8. The highest BCUT2D eigenvalue weighted by molar-refractivity contribution is 5.66. The largest absolute Gasteiger partial charge is 0.462 e. The Morgan fingerprint density at radius 2 is 1.76 bits per heavy atom. The monoisotopic (exact) mass is 454 g/mol. The van der Waals surface area contributed by atoms with Crippen molar-refractivity contribution in [3.8, 4) is 0 Å². The van der Waals surface area contributed by atoms with Gasteiger partial charge in [0, 0.05) is 13.3 Å². The lowest BCUT2D eigenvalue weighted by molar-refractivity contribution is -0.148. The molecule has 0 aromatic rings. The van der Waals surface area contributed by atoms with E-state index in [9.17, 15) is 4.79 Å². The van der Waals surface area contributed by atoms with Gasteiger partial charge >= 0.3 is 5.97 Å². The summed E-state index contributed by atoms with van der Waals surface area (Å²) in [4.78, 5) is 11.5. The first-order chi connectivity index (χ1) is 15.6. The van der Waals surface area contributed by atoms with Gasteiger partial charge in [0.1, 0.15) is 6.10 Å². The summed E-state index contributed by atoms with van der Waals surface area (Å²) in [5, 5.41) is 0. The van der Waals surface area contributed by atoms with Crippen LogP contribution in [0.2, 0.25) is 0 Å². The van der Waals surface area contributed by atoms with E-state index in [1.807, 2.05) is 0 Å². The zero-order valence-electron chi connectivity index (χ0n) is 22.0. The van der Waals surface area contributed by atoms with Crippen molar-refractivity contribution in [2.45, 2.75) is 112 Å². The van der Waals surface area contributed by atoms with Crippen molar-refractivity contribution in [2.24, 2.45) is 46.3 Å². The molecule has 5 rings (SSSR count). The molecule has 4 fully saturated rings. The lowest BCUT2D eigenvalue weighted by atomic mass is 9.50. The summed E-state index contributed by atoms with van der Waals surface area (Å²) in [6, 6.07) is 0. The number of rotatable bonds is 5. The van der Waals surface area contributed by atoms with E-state index in [2.05, 4.69) is 53.7 Å². The molecule has 3 nitrogen and oxygen atoms in total. The normalized spacial score (nSPS) is 45.8. The average molecular weight is 455 g/mol. The molecular weight excluding hydrogens is 408 g/mol. The molecule has 0 amide bonds. The minimum Gasteiger partial charge on any atom is -0.462 e. The molecule has 1 heterocycles. The van der Waals surface area contributed by atoms with Crippen molar-refractivity contribution < 1.29 is 14.3 Å². The lowest BCUT2D eigenvalue weighted by Crippen LogP contribution is -2.47. The molecule has 33 heavy (non-hydrogen) atoms. The molecule has 0 aromatic heterocycles. The molecule has 1 aliphatic heterocycles. The zero-order chi connectivity index (χ0) is 23.7. The molecule has 10 atom stereocenters. The molecule has 0 aromatic carbocycles. The van der Waals surface area contributed by atoms with Gasteiger partial charge in [-0.3, -0.25) is 4.79 Å². The molecule has 1 saturated heterocycles. The van der Waals surface area contributed by atoms with Crippen LogP contribution in [0.3, 0.4) is 0 Å². The third kappa shape index (κ3) is 3.76. The molecule has 4 aliphatic carbocycles. The number of hydrogen-bond donors (Lipinski definition) is 0. The second-order valence-corrected chi connectivity index (χ2v) is 13.1. The molecule has 5 aliphatic rings. The van der Waals surface area contributed by atoms with Gasteiger partial charge in [-0.1, -0.05) is 64.8 Å². The van der Waals surface area contributed by atoms with Crippen LogP contribution in [0.25, 0.3) is 0 Å². The Bertz CT molecular complexity index is 855. The van der Waals surface area contributed by atoms with Crippen LogP contribution >= 0.6 is 0 Å². The average Bonchev–Trinajstić information content (AvgIpc) is 3.47. The number of epoxide rings is 1. The van der Waals surface area contributed by atoms with Gasteiger partial charge < -0.3 is 9.47 Å². The quantitative estimate of drug-likeness (QED) is 0.328. The first kappa shape index (κ1) is 23.6. The van der Waals surface area contributed by atoms with Crippen molar-refractivity contribution in [3.05, 3.63) is 23.3 Å². The van der Waals surface area contributed by atoms with E-state index in [0.29, 0.717) is 41.3 Å². The van der Waals surface area contributed by atoms with Crippen LogP contribution in [0.1, 0.15) is 93.4 Å². The van der Waals surface area contributed by atoms with Crippen LogP contribution in [-0.4, -0.2) is 24.3 Å². The van der Waals surface area contributed by atoms with Gasteiger partial charge in [0.15, 0.2) is 0 Å². The van der Waals surface area contributed by atoms with Crippen molar-refractivity contribution >= 4 is 5.97 Å². The van der Waals surface area contributed by atoms with Crippen molar-refractivity contribution in [3.63, 3.8) is 0 Å². The molecule has 0 radical (unpaired) electrons. The standard InChI is InChI=1S/C30H46O3/c1-17(2)18(3)27-28(33-27)19(4)24-10-11-25-23-9-8-21-16-22(32-20(5)31)12-14-29(21,6)26(23)13-15-30(24,25)7/h8-9,17-19,22,24-28H,10-16H2,1-7H3/t18?,19?,22-,24+,25-,26-,27-,28-,29-,30+/m0/s1. The highest BCUT2D eigenvalue weighted by Crippen LogP contribution is 2.66. The van der Waals surface area contributed by atoms with E-state index in [-0.39, 0.29) is 17.5 Å². The second-order valence-electron chi connectivity index (χ2n) is 13.1. The summed E-state index contributed by atoms with van der Waals surface area (Å²) in [6.45, 7) is 16.2. The van der Waals surface area contributed by atoms with Crippen molar-refractivity contribution in [1.82, 2.24) is 0 Å². The highest BCUT2D eigenvalue weighted by Gasteiger charge is 2.60. The Hall–Kier alpha value is -1.09.